The SMILES string of the molecule is COc1cccc(Sc2cccc(Oc3nc(O)c4ccncc4n3)c2)c1. The maximum Gasteiger partial charge on any atom is 0.325 e. The van der Waals surface area contributed by atoms with Gasteiger partial charge in [0, 0.05) is 16.0 Å². The second-order valence-corrected chi connectivity index (χ2v) is 6.73. The molecule has 2 aromatic heterocycles. The lowest BCUT2D eigenvalue weighted by Crippen LogP contribution is -1.93. The number of hydrogen-bond acceptors (Lipinski definition) is 7. The van der Waals surface area contributed by atoms with Gasteiger partial charge in [-0.3, -0.25) is 4.98 Å². The molecule has 4 rings (SSSR count). The highest BCUT2D eigenvalue weighted by atomic mass is 32.2. The largest absolute Gasteiger partial charge is 0.497 e. The van der Waals surface area contributed by atoms with Crippen molar-refractivity contribution in [2.45, 2.75) is 9.79 Å². The van der Waals surface area contributed by atoms with Gasteiger partial charge < -0.3 is 14.6 Å². The van der Waals surface area contributed by atoms with Gasteiger partial charge in [-0.15, -0.1) is 0 Å². The van der Waals surface area contributed by atoms with Crippen LogP contribution >= 0.6 is 11.8 Å². The van der Waals surface area contributed by atoms with Crippen molar-refractivity contribution in [3.8, 4) is 23.4 Å². The first-order valence-corrected chi connectivity index (χ1v) is 8.93. The summed E-state index contributed by atoms with van der Waals surface area (Å²) < 4.78 is 11.0. The van der Waals surface area contributed by atoms with Crippen LogP contribution in [0.3, 0.4) is 0 Å². The Morgan fingerprint density at radius 1 is 0.926 bits per heavy atom. The van der Waals surface area contributed by atoms with Crippen LogP contribution in [0, 0.1) is 0 Å². The Morgan fingerprint density at radius 2 is 1.67 bits per heavy atom. The normalized spacial score (nSPS) is 10.7. The molecule has 2 aromatic carbocycles. The van der Waals surface area contributed by atoms with Gasteiger partial charge in [-0.1, -0.05) is 23.9 Å². The molecule has 7 heteroatoms. The number of benzene rings is 2. The first kappa shape index (κ1) is 17.1. The molecular weight excluding hydrogens is 362 g/mol. The maximum atomic E-state index is 10.1. The summed E-state index contributed by atoms with van der Waals surface area (Å²) >= 11 is 1.59. The maximum absolute atomic E-state index is 10.1. The van der Waals surface area contributed by atoms with Gasteiger partial charge in [0.25, 0.3) is 0 Å². The number of fused-ring (bicyclic) bond motifs is 1. The fourth-order valence-corrected chi connectivity index (χ4v) is 3.41. The quantitative estimate of drug-likeness (QED) is 0.541. The van der Waals surface area contributed by atoms with Crippen molar-refractivity contribution in [3.63, 3.8) is 0 Å². The molecule has 0 aliphatic carbocycles. The van der Waals surface area contributed by atoms with Gasteiger partial charge in [0.05, 0.1) is 24.2 Å². The van der Waals surface area contributed by atoms with Crippen LogP contribution in [0.1, 0.15) is 0 Å². The van der Waals surface area contributed by atoms with E-state index in [1.54, 1.807) is 37.3 Å². The molecule has 0 radical (unpaired) electrons. The molecule has 2 heterocycles. The van der Waals surface area contributed by atoms with E-state index in [1.807, 2.05) is 48.5 Å². The zero-order chi connectivity index (χ0) is 18.6. The molecule has 0 spiro atoms. The summed E-state index contributed by atoms with van der Waals surface area (Å²) in [4.78, 5) is 14.3. The monoisotopic (exact) mass is 377 g/mol. The first-order chi connectivity index (χ1) is 13.2. The number of rotatable bonds is 5. The summed E-state index contributed by atoms with van der Waals surface area (Å²) in [6.45, 7) is 0. The number of ether oxygens (including phenoxy) is 2. The first-order valence-electron chi connectivity index (χ1n) is 8.12. The van der Waals surface area contributed by atoms with Crippen molar-refractivity contribution in [3.05, 3.63) is 67.0 Å². The van der Waals surface area contributed by atoms with Gasteiger partial charge in [0.2, 0.25) is 5.88 Å². The van der Waals surface area contributed by atoms with Gasteiger partial charge in [-0.05, 0) is 42.5 Å². The Bertz CT molecular complexity index is 1100. The van der Waals surface area contributed by atoms with Crippen molar-refractivity contribution >= 4 is 22.7 Å². The molecule has 1 N–H and O–H groups in total. The summed E-state index contributed by atoms with van der Waals surface area (Å²) in [5, 5.41) is 10.6. The molecule has 0 fully saturated rings. The Labute approximate surface area is 159 Å². The van der Waals surface area contributed by atoms with Gasteiger partial charge >= 0.3 is 6.01 Å². The highest BCUT2D eigenvalue weighted by Crippen LogP contribution is 2.33. The number of pyridine rings is 1. The molecule has 0 unspecified atom stereocenters. The Kier molecular flexibility index (Phi) is 4.76. The van der Waals surface area contributed by atoms with E-state index in [-0.39, 0.29) is 11.9 Å². The second-order valence-electron chi connectivity index (χ2n) is 5.58. The molecule has 0 aliphatic rings. The van der Waals surface area contributed by atoms with E-state index in [0.29, 0.717) is 16.7 Å². The minimum atomic E-state index is -0.140. The van der Waals surface area contributed by atoms with E-state index in [1.165, 1.54) is 0 Å². The summed E-state index contributed by atoms with van der Waals surface area (Å²) in [6, 6.07) is 17.1. The molecule has 6 nitrogen and oxygen atoms in total. The molecule has 0 atom stereocenters. The summed E-state index contributed by atoms with van der Waals surface area (Å²) in [7, 11) is 1.65. The zero-order valence-corrected chi connectivity index (χ0v) is 15.2. The molecule has 134 valence electrons. The minimum Gasteiger partial charge on any atom is -0.497 e. The number of hydrogen-bond donors (Lipinski definition) is 1. The highest BCUT2D eigenvalue weighted by Gasteiger charge is 2.09. The van der Waals surface area contributed by atoms with Crippen LogP contribution in [0.2, 0.25) is 0 Å². The van der Waals surface area contributed by atoms with Crippen LogP contribution in [0.15, 0.2) is 76.8 Å². The number of methoxy groups -OCH3 is 1. The lowest BCUT2D eigenvalue weighted by molar-refractivity contribution is 0.411. The summed E-state index contributed by atoms with van der Waals surface area (Å²) in [6.07, 6.45) is 3.13. The average Bonchev–Trinajstić information content (AvgIpc) is 2.68. The van der Waals surface area contributed by atoms with Crippen molar-refractivity contribution in [2.24, 2.45) is 0 Å². The lowest BCUT2D eigenvalue weighted by atomic mass is 10.3. The van der Waals surface area contributed by atoms with Crippen molar-refractivity contribution in [1.82, 2.24) is 15.0 Å². The minimum absolute atomic E-state index is 0.0662. The van der Waals surface area contributed by atoms with E-state index in [9.17, 15) is 5.11 Å². The van der Waals surface area contributed by atoms with Crippen LogP contribution in [0.4, 0.5) is 0 Å². The second kappa shape index (κ2) is 7.51. The molecule has 27 heavy (non-hydrogen) atoms. The van der Waals surface area contributed by atoms with E-state index in [2.05, 4.69) is 15.0 Å². The van der Waals surface area contributed by atoms with Crippen molar-refractivity contribution in [2.75, 3.05) is 7.11 Å². The standard InChI is InChI=1S/C20H15N3O3S/c1-25-13-4-2-6-15(10-13)27-16-7-3-5-14(11-16)26-20-22-18-12-21-9-8-17(18)19(24)23-20/h2-12H,1H3,(H,22,23,24). The third-order valence-electron chi connectivity index (χ3n) is 3.75. The van der Waals surface area contributed by atoms with Crippen LogP contribution in [0.25, 0.3) is 10.9 Å². The van der Waals surface area contributed by atoms with E-state index >= 15 is 0 Å². The highest BCUT2D eigenvalue weighted by molar-refractivity contribution is 7.99. The van der Waals surface area contributed by atoms with Gasteiger partial charge in [0.15, 0.2) is 0 Å². The van der Waals surface area contributed by atoms with E-state index in [4.69, 9.17) is 9.47 Å². The van der Waals surface area contributed by atoms with Crippen LogP contribution in [-0.4, -0.2) is 27.2 Å². The lowest BCUT2D eigenvalue weighted by Gasteiger charge is -2.08. The average molecular weight is 377 g/mol. The van der Waals surface area contributed by atoms with E-state index < -0.39 is 0 Å². The molecule has 0 bridgehead atoms. The fraction of sp³-hybridized carbons (Fsp3) is 0.0500. The summed E-state index contributed by atoms with van der Waals surface area (Å²) in [5.74, 6) is 1.24. The third kappa shape index (κ3) is 3.93. The van der Waals surface area contributed by atoms with Crippen LogP contribution in [-0.2, 0) is 0 Å². The number of aromatic nitrogens is 3. The van der Waals surface area contributed by atoms with Gasteiger partial charge in [-0.2, -0.15) is 9.97 Å². The van der Waals surface area contributed by atoms with Gasteiger partial charge in [0.1, 0.15) is 11.5 Å². The Balaban J connectivity index is 1.57. The summed E-state index contributed by atoms with van der Waals surface area (Å²) in [5.41, 5.74) is 0.516. The fourth-order valence-electron chi connectivity index (χ4n) is 2.50. The molecule has 0 saturated heterocycles. The molecule has 0 aliphatic heterocycles. The predicted octanol–water partition coefficient (Wildman–Crippen LogP) is 4.68. The molecule has 4 aromatic rings. The van der Waals surface area contributed by atoms with Gasteiger partial charge in [-0.25, -0.2) is 0 Å². The number of aromatic hydroxyl groups is 1. The predicted molar refractivity (Wildman–Crippen MR) is 103 cm³/mol. The van der Waals surface area contributed by atoms with Crippen LogP contribution in [0.5, 0.6) is 23.4 Å². The topological polar surface area (TPSA) is 77.4 Å². The molecular formula is C20H15N3O3S. The number of nitrogens with zero attached hydrogens (tertiary/aromatic N) is 3. The van der Waals surface area contributed by atoms with E-state index in [0.717, 1.165) is 15.5 Å². The smallest absolute Gasteiger partial charge is 0.325 e. The van der Waals surface area contributed by atoms with Crippen molar-refractivity contribution < 1.29 is 14.6 Å². The Morgan fingerprint density at radius 3 is 2.44 bits per heavy atom. The molecule has 0 saturated carbocycles. The third-order valence-corrected chi connectivity index (χ3v) is 4.73. The van der Waals surface area contributed by atoms with Crippen molar-refractivity contribution in [1.29, 1.82) is 0 Å². The Hall–Kier alpha value is -3.32. The van der Waals surface area contributed by atoms with Crippen LogP contribution < -0.4 is 9.47 Å². The molecule has 0 amide bonds. The zero-order valence-electron chi connectivity index (χ0n) is 14.4.